The Bertz CT molecular complexity index is 524. The van der Waals surface area contributed by atoms with E-state index in [1.54, 1.807) is 23.5 Å². The monoisotopic (exact) mass is 313 g/mol. The number of benzene rings is 1. The van der Waals surface area contributed by atoms with Crippen molar-refractivity contribution in [3.8, 4) is 0 Å². The van der Waals surface area contributed by atoms with Gasteiger partial charge in [-0.15, -0.1) is 11.3 Å². The number of thiophene rings is 1. The van der Waals surface area contributed by atoms with E-state index in [1.807, 2.05) is 13.1 Å². The van der Waals surface area contributed by atoms with E-state index in [-0.39, 0.29) is 11.9 Å². The lowest BCUT2D eigenvalue weighted by Gasteiger charge is -2.16. The summed E-state index contributed by atoms with van der Waals surface area (Å²) in [4.78, 5) is 2.42. The quantitative estimate of drug-likeness (QED) is 0.892. The average molecular weight is 314 g/mol. The third-order valence-electron chi connectivity index (χ3n) is 2.57. The van der Waals surface area contributed by atoms with Crippen LogP contribution >= 0.6 is 27.3 Å². The predicted octanol–water partition coefficient (Wildman–Crippen LogP) is 4.27. The van der Waals surface area contributed by atoms with Crippen LogP contribution in [0.25, 0.3) is 0 Å². The Kier molecular flexibility index (Phi) is 3.97. The highest BCUT2D eigenvalue weighted by Crippen LogP contribution is 2.35. The van der Waals surface area contributed by atoms with E-state index in [4.69, 9.17) is 0 Å². The summed E-state index contributed by atoms with van der Waals surface area (Å²) in [5.74, 6) is -0.202. The summed E-state index contributed by atoms with van der Waals surface area (Å²) < 4.78 is 14.3. The van der Waals surface area contributed by atoms with Gasteiger partial charge in [-0.1, -0.05) is 12.1 Å². The maximum absolute atomic E-state index is 13.2. The second-order valence-electron chi connectivity index (χ2n) is 3.85. The average Bonchev–Trinajstić information content (AvgIpc) is 2.59. The zero-order valence-corrected chi connectivity index (χ0v) is 12.0. The van der Waals surface area contributed by atoms with Gasteiger partial charge in [0.15, 0.2) is 0 Å². The molecule has 1 aromatic carbocycles. The lowest BCUT2D eigenvalue weighted by Crippen LogP contribution is -2.16. The van der Waals surface area contributed by atoms with Gasteiger partial charge in [-0.25, -0.2) is 4.39 Å². The lowest BCUT2D eigenvalue weighted by atomic mass is 10.1. The van der Waals surface area contributed by atoms with Crippen molar-refractivity contribution in [1.82, 2.24) is 5.32 Å². The molecule has 0 saturated carbocycles. The minimum Gasteiger partial charge on any atom is -0.309 e. The van der Waals surface area contributed by atoms with Gasteiger partial charge in [0, 0.05) is 14.2 Å². The van der Waals surface area contributed by atoms with Crippen molar-refractivity contribution in [2.75, 3.05) is 7.05 Å². The lowest BCUT2D eigenvalue weighted by molar-refractivity contribution is 0.618. The van der Waals surface area contributed by atoms with Crippen molar-refractivity contribution in [2.45, 2.75) is 13.0 Å². The van der Waals surface area contributed by atoms with Crippen LogP contribution in [-0.4, -0.2) is 7.05 Å². The van der Waals surface area contributed by atoms with Gasteiger partial charge < -0.3 is 5.32 Å². The van der Waals surface area contributed by atoms with E-state index in [9.17, 15) is 4.39 Å². The summed E-state index contributed by atoms with van der Waals surface area (Å²) in [6.45, 7) is 2.07. The molecular weight excluding hydrogens is 301 g/mol. The Morgan fingerprint density at radius 3 is 2.65 bits per heavy atom. The van der Waals surface area contributed by atoms with E-state index in [1.165, 1.54) is 15.8 Å². The second-order valence-corrected chi connectivity index (χ2v) is 5.99. The standard InChI is InChI=1S/C13H13BrFNS/c1-8-6-11(14)13(17-8)12(16-2)9-4-3-5-10(15)7-9/h3-7,12,16H,1-2H3. The third-order valence-corrected chi connectivity index (χ3v) is 4.60. The van der Waals surface area contributed by atoms with Crippen LogP contribution in [-0.2, 0) is 0 Å². The van der Waals surface area contributed by atoms with Crippen LogP contribution in [0.15, 0.2) is 34.8 Å². The second kappa shape index (κ2) is 5.29. The van der Waals surface area contributed by atoms with Gasteiger partial charge in [0.1, 0.15) is 5.82 Å². The van der Waals surface area contributed by atoms with E-state index in [2.05, 4.69) is 34.2 Å². The first-order valence-electron chi connectivity index (χ1n) is 5.30. The molecule has 0 bridgehead atoms. The summed E-state index contributed by atoms with van der Waals surface area (Å²) >= 11 is 5.27. The Balaban J connectivity index is 2.43. The smallest absolute Gasteiger partial charge is 0.123 e. The molecule has 1 nitrogen and oxygen atoms in total. The van der Waals surface area contributed by atoms with Gasteiger partial charge in [-0.3, -0.25) is 0 Å². The van der Waals surface area contributed by atoms with Crippen LogP contribution in [0.1, 0.15) is 21.4 Å². The fourth-order valence-electron chi connectivity index (χ4n) is 1.83. The Hall–Kier alpha value is -0.710. The van der Waals surface area contributed by atoms with Crippen LogP contribution < -0.4 is 5.32 Å². The molecule has 1 heterocycles. The van der Waals surface area contributed by atoms with Gasteiger partial charge in [-0.05, 0) is 53.7 Å². The number of aryl methyl sites for hydroxylation is 1. The van der Waals surface area contributed by atoms with E-state index in [0.29, 0.717) is 0 Å². The fourth-order valence-corrected chi connectivity index (χ4v) is 3.85. The molecule has 0 spiro atoms. The molecule has 90 valence electrons. The largest absolute Gasteiger partial charge is 0.309 e. The van der Waals surface area contributed by atoms with Crippen molar-refractivity contribution in [2.24, 2.45) is 0 Å². The maximum Gasteiger partial charge on any atom is 0.123 e. The van der Waals surface area contributed by atoms with Gasteiger partial charge in [0.2, 0.25) is 0 Å². The summed E-state index contributed by atoms with van der Waals surface area (Å²) in [5, 5.41) is 3.23. The maximum atomic E-state index is 13.2. The summed E-state index contributed by atoms with van der Waals surface area (Å²) in [5.41, 5.74) is 0.940. The van der Waals surface area contributed by atoms with Crippen molar-refractivity contribution in [1.29, 1.82) is 0 Å². The first kappa shape index (κ1) is 12.7. The van der Waals surface area contributed by atoms with Crippen LogP contribution in [0.5, 0.6) is 0 Å². The molecule has 0 aliphatic rings. The van der Waals surface area contributed by atoms with Crippen LogP contribution in [0.2, 0.25) is 0 Å². The first-order valence-corrected chi connectivity index (χ1v) is 6.91. The highest BCUT2D eigenvalue weighted by Gasteiger charge is 2.17. The Morgan fingerprint density at radius 2 is 2.12 bits per heavy atom. The molecule has 2 rings (SSSR count). The molecule has 17 heavy (non-hydrogen) atoms. The molecule has 0 saturated heterocycles. The van der Waals surface area contributed by atoms with E-state index < -0.39 is 0 Å². The van der Waals surface area contributed by atoms with Gasteiger partial charge in [0.25, 0.3) is 0 Å². The van der Waals surface area contributed by atoms with Gasteiger partial charge in [0.05, 0.1) is 6.04 Å². The highest BCUT2D eigenvalue weighted by molar-refractivity contribution is 9.10. The minimum absolute atomic E-state index is 0.0266. The van der Waals surface area contributed by atoms with Crippen molar-refractivity contribution >= 4 is 27.3 Å². The molecule has 1 aromatic heterocycles. The molecule has 0 radical (unpaired) electrons. The third kappa shape index (κ3) is 2.76. The Morgan fingerprint density at radius 1 is 1.35 bits per heavy atom. The fraction of sp³-hybridized carbons (Fsp3) is 0.231. The number of halogens is 2. The number of hydrogen-bond acceptors (Lipinski definition) is 2. The van der Waals surface area contributed by atoms with E-state index >= 15 is 0 Å². The van der Waals surface area contributed by atoms with Crippen molar-refractivity contribution in [3.63, 3.8) is 0 Å². The highest BCUT2D eigenvalue weighted by atomic mass is 79.9. The molecular formula is C13H13BrFNS. The molecule has 1 unspecified atom stereocenters. The molecule has 0 aliphatic carbocycles. The zero-order chi connectivity index (χ0) is 12.4. The number of hydrogen-bond donors (Lipinski definition) is 1. The topological polar surface area (TPSA) is 12.0 Å². The first-order chi connectivity index (χ1) is 8.11. The van der Waals surface area contributed by atoms with Gasteiger partial charge in [-0.2, -0.15) is 0 Å². The number of rotatable bonds is 3. The summed E-state index contributed by atoms with van der Waals surface area (Å²) in [6.07, 6.45) is 0. The van der Waals surface area contributed by atoms with Crippen molar-refractivity contribution in [3.05, 3.63) is 55.9 Å². The zero-order valence-electron chi connectivity index (χ0n) is 9.63. The minimum atomic E-state index is -0.202. The summed E-state index contributed by atoms with van der Waals surface area (Å²) in [7, 11) is 1.89. The van der Waals surface area contributed by atoms with Crippen LogP contribution in [0.3, 0.4) is 0 Å². The molecule has 0 aliphatic heterocycles. The molecule has 1 N–H and O–H groups in total. The molecule has 2 aromatic rings. The number of nitrogens with one attached hydrogen (secondary N) is 1. The SMILES string of the molecule is CNC(c1cccc(F)c1)c1sc(C)cc1Br. The Labute approximate surface area is 113 Å². The molecule has 1 atom stereocenters. The van der Waals surface area contributed by atoms with Crippen LogP contribution in [0, 0.1) is 12.7 Å². The van der Waals surface area contributed by atoms with Crippen molar-refractivity contribution < 1.29 is 4.39 Å². The van der Waals surface area contributed by atoms with E-state index in [0.717, 1.165) is 10.0 Å². The molecule has 4 heteroatoms. The predicted molar refractivity (Wildman–Crippen MR) is 74.1 cm³/mol. The van der Waals surface area contributed by atoms with Crippen LogP contribution in [0.4, 0.5) is 4.39 Å². The van der Waals surface area contributed by atoms with Gasteiger partial charge >= 0.3 is 0 Å². The normalized spacial score (nSPS) is 12.7. The summed E-state index contributed by atoms with van der Waals surface area (Å²) in [6, 6.07) is 8.82. The molecule has 0 fully saturated rings. The molecule has 0 amide bonds.